The van der Waals surface area contributed by atoms with E-state index in [-0.39, 0.29) is 0 Å². The summed E-state index contributed by atoms with van der Waals surface area (Å²) in [6.07, 6.45) is 6.06. The predicted molar refractivity (Wildman–Crippen MR) is 69.0 cm³/mol. The summed E-state index contributed by atoms with van der Waals surface area (Å²) in [6.45, 7) is 0. The minimum Gasteiger partial charge on any atom is -0.370 e. The Morgan fingerprint density at radius 2 is 1.88 bits per heavy atom. The summed E-state index contributed by atoms with van der Waals surface area (Å²) >= 11 is 0. The minimum absolute atomic E-state index is 0.561. The molecule has 1 aliphatic carbocycles. The Labute approximate surface area is 106 Å². The molecule has 1 saturated carbocycles. The van der Waals surface area contributed by atoms with Crippen molar-refractivity contribution in [3.8, 4) is 0 Å². The lowest BCUT2D eigenvalue weighted by Crippen LogP contribution is -2.20. The standard InChI is InChI=1S/C12H24O4S/c1-13-9-17(14-2,15-3)7-6-10-4-5-11-12(8-10)16-11/h10-12H,4-9H2,1-3H3. The molecular weight excluding hydrogens is 240 g/mol. The normalized spacial score (nSPS) is 33.2. The van der Waals surface area contributed by atoms with Gasteiger partial charge in [-0.2, -0.15) is 10.6 Å². The largest absolute Gasteiger partial charge is 0.370 e. The molecule has 0 aromatic heterocycles. The van der Waals surface area contributed by atoms with Crippen LogP contribution in [-0.4, -0.2) is 45.2 Å². The van der Waals surface area contributed by atoms with Crippen LogP contribution >= 0.6 is 10.6 Å². The molecule has 4 nitrogen and oxygen atoms in total. The molecule has 0 spiro atoms. The van der Waals surface area contributed by atoms with Gasteiger partial charge in [-0.25, -0.2) is 0 Å². The monoisotopic (exact) mass is 264 g/mol. The topological polar surface area (TPSA) is 40.2 Å². The van der Waals surface area contributed by atoms with E-state index in [1.165, 1.54) is 19.3 Å². The van der Waals surface area contributed by atoms with E-state index in [1.807, 2.05) is 0 Å². The third-order valence-corrected chi connectivity index (χ3v) is 6.52. The molecule has 5 heteroatoms. The predicted octanol–water partition coefficient (Wildman–Crippen LogP) is 2.48. The molecule has 3 unspecified atom stereocenters. The van der Waals surface area contributed by atoms with Crippen molar-refractivity contribution in [1.82, 2.24) is 0 Å². The van der Waals surface area contributed by atoms with Crippen molar-refractivity contribution < 1.29 is 17.8 Å². The SMILES string of the molecule is COCS(CCC1CCC2OC2C1)(OC)OC. The quantitative estimate of drug-likeness (QED) is 0.662. The van der Waals surface area contributed by atoms with Gasteiger partial charge in [0.25, 0.3) is 0 Å². The van der Waals surface area contributed by atoms with Crippen LogP contribution in [0.15, 0.2) is 0 Å². The molecule has 0 radical (unpaired) electrons. The van der Waals surface area contributed by atoms with Crippen molar-refractivity contribution in [2.45, 2.75) is 37.9 Å². The highest BCUT2D eigenvalue weighted by Gasteiger charge is 2.43. The second-order valence-corrected chi connectivity index (χ2v) is 7.67. The Bertz CT molecular complexity index is 245. The zero-order valence-corrected chi connectivity index (χ0v) is 11.8. The van der Waals surface area contributed by atoms with E-state index in [0.717, 1.165) is 18.1 Å². The van der Waals surface area contributed by atoms with Crippen LogP contribution < -0.4 is 0 Å². The zero-order chi connectivity index (χ0) is 12.3. The van der Waals surface area contributed by atoms with Crippen molar-refractivity contribution in [3.63, 3.8) is 0 Å². The van der Waals surface area contributed by atoms with Crippen LogP contribution in [0, 0.1) is 5.92 Å². The molecule has 3 atom stereocenters. The smallest absolute Gasteiger partial charge is 0.135 e. The van der Waals surface area contributed by atoms with Gasteiger partial charge in [0.2, 0.25) is 0 Å². The van der Waals surface area contributed by atoms with Gasteiger partial charge in [0.15, 0.2) is 0 Å². The highest BCUT2D eigenvalue weighted by Crippen LogP contribution is 2.51. The van der Waals surface area contributed by atoms with Crippen LogP contribution in [0.5, 0.6) is 0 Å². The van der Waals surface area contributed by atoms with E-state index in [4.69, 9.17) is 17.8 Å². The minimum atomic E-state index is -1.49. The second-order valence-electron chi connectivity index (χ2n) is 4.87. The van der Waals surface area contributed by atoms with Gasteiger partial charge in [-0.3, -0.25) is 8.37 Å². The molecular formula is C12H24O4S. The maximum atomic E-state index is 5.56. The zero-order valence-electron chi connectivity index (χ0n) is 11.0. The van der Waals surface area contributed by atoms with Crippen LogP contribution in [0.4, 0.5) is 0 Å². The van der Waals surface area contributed by atoms with Gasteiger partial charge < -0.3 is 9.47 Å². The fraction of sp³-hybridized carbons (Fsp3) is 1.00. The van der Waals surface area contributed by atoms with Crippen molar-refractivity contribution in [1.29, 1.82) is 0 Å². The number of fused-ring (bicyclic) bond motifs is 1. The molecule has 2 fully saturated rings. The van der Waals surface area contributed by atoms with Crippen LogP contribution in [-0.2, 0) is 17.8 Å². The van der Waals surface area contributed by atoms with Gasteiger partial charge in [0.05, 0.1) is 26.4 Å². The number of epoxide rings is 1. The van der Waals surface area contributed by atoms with Crippen molar-refractivity contribution >= 4 is 10.6 Å². The van der Waals surface area contributed by atoms with Crippen LogP contribution in [0.2, 0.25) is 0 Å². The van der Waals surface area contributed by atoms with Crippen LogP contribution in [0.3, 0.4) is 0 Å². The van der Waals surface area contributed by atoms with E-state index in [9.17, 15) is 0 Å². The summed E-state index contributed by atoms with van der Waals surface area (Å²) < 4.78 is 21.9. The molecule has 1 saturated heterocycles. The summed E-state index contributed by atoms with van der Waals surface area (Å²) in [5.74, 6) is 2.30. The molecule has 0 amide bonds. The molecule has 17 heavy (non-hydrogen) atoms. The maximum absolute atomic E-state index is 5.56. The fourth-order valence-electron chi connectivity index (χ4n) is 2.66. The Balaban J connectivity index is 1.77. The molecule has 2 rings (SSSR count). The molecule has 0 bridgehead atoms. The van der Waals surface area contributed by atoms with Gasteiger partial charge in [-0.15, -0.1) is 0 Å². The Morgan fingerprint density at radius 3 is 2.47 bits per heavy atom. The van der Waals surface area contributed by atoms with E-state index >= 15 is 0 Å². The van der Waals surface area contributed by atoms with Crippen LogP contribution in [0.25, 0.3) is 0 Å². The molecule has 0 aromatic rings. The van der Waals surface area contributed by atoms with Crippen molar-refractivity contribution in [2.75, 3.05) is 33.0 Å². The second kappa shape index (κ2) is 5.89. The van der Waals surface area contributed by atoms with Gasteiger partial charge >= 0.3 is 0 Å². The number of rotatable bonds is 7. The third-order valence-electron chi connectivity index (χ3n) is 3.85. The highest BCUT2D eigenvalue weighted by molar-refractivity contribution is 8.25. The molecule has 1 aliphatic heterocycles. The van der Waals surface area contributed by atoms with Crippen molar-refractivity contribution in [2.24, 2.45) is 5.92 Å². The first-order valence-corrected chi connectivity index (χ1v) is 8.09. The van der Waals surface area contributed by atoms with Gasteiger partial charge in [0.1, 0.15) is 5.94 Å². The first-order chi connectivity index (χ1) is 8.23. The lowest BCUT2D eigenvalue weighted by atomic mass is 9.88. The lowest BCUT2D eigenvalue weighted by Gasteiger charge is -2.40. The average molecular weight is 264 g/mol. The average Bonchev–Trinajstić information content (AvgIpc) is 3.13. The van der Waals surface area contributed by atoms with E-state index in [2.05, 4.69) is 0 Å². The highest BCUT2D eigenvalue weighted by atomic mass is 32.3. The van der Waals surface area contributed by atoms with Crippen LogP contribution in [0.1, 0.15) is 25.7 Å². The molecule has 0 N–H and O–H groups in total. The Kier molecular flexibility index (Phi) is 4.72. The number of hydrogen-bond donors (Lipinski definition) is 0. The first-order valence-electron chi connectivity index (χ1n) is 6.27. The van der Waals surface area contributed by atoms with E-state index < -0.39 is 10.6 Å². The molecule has 0 aromatic carbocycles. The molecule has 102 valence electrons. The number of methoxy groups -OCH3 is 1. The summed E-state index contributed by atoms with van der Waals surface area (Å²) in [5.41, 5.74) is 0. The Morgan fingerprint density at radius 1 is 1.12 bits per heavy atom. The molecule has 2 aliphatic rings. The van der Waals surface area contributed by atoms with Gasteiger partial charge in [-0.1, -0.05) is 0 Å². The first kappa shape index (κ1) is 13.6. The van der Waals surface area contributed by atoms with E-state index in [1.54, 1.807) is 21.3 Å². The van der Waals surface area contributed by atoms with E-state index in [0.29, 0.717) is 18.1 Å². The van der Waals surface area contributed by atoms with Crippen molar-refractivity contribution in [3.05, 3.63) is 0 Å². The number of ether oxygens (including phenoxy) is 2. The summed E-state index contributed by atoms with van der Waals surface area (Å²) in [6, 6.07) is 0. The summed E-state index contributed by atoms with van der Waals surface area (Å²) in [4.78, 5) is 0. The maximum Gasteiger partial charge on any atom is 0.135 e. The number of hydrogen-bond acceptors (Lipinski definition) is 4. The molecule has 1 heterocycles. The third kappa shape index (κ3) is 3.35. The van der Waals surface area contributed by atoms with Gasteiger partial charge in [0, 0.05) is 12.9 Å². The fourth-order valence-corrected chi connectivity index (χ4v) is 4.50. The lowest BCUT2D eigenvalue weighted by molar-refractivity contribution is 0.222. The summed E-state index contributed by atoms with van der Waals surface area (Å²) in [5, 5.41) is 0. The summed E-state index contributed by atoms with van der Waals surface area (Å²) in [7, 11) is 3.65. The van der Waals surface area contributed by atoms with Gasteiger partial charge in [-0.05, 0) is 31.6 Å². The Hall–Kier alpha value is 0.190.